The van der Waals surface area contributed by atoms with Gasteiger partial charge in [0.05, 0.1) is 5.56 Å². The summed E-state index contributed by atoms with van der Waals surface area (Å²) < 4.78 is 0. The fraction of sp³-hybridized carbons (Fsp3) is 0.571. The van der Waals surface area contributed by atoms with Gasteiger partial charge >= 0.3 is 0 Å². The van der Waals surface area contributed by atoms with Crippen LogP contribution >= 0.6 is 11.6 Å². The Morgan fingerprint density at radius 2 is 2.28 bits per heavy atom. The summed E-state index contributed by atoms with van der Waals surface area (Å²) in [5.74, 6) is 0.635. The molecule has 1 aliphatic rings. The fourth-order valence-electron chi connectivity index (χ4n) is 2.56. The zero-order valence-corrected chi connectivity index (χ0v) is 11.6. The van der Waals surface area contributed by atoms with Gasteiger partial charge in [0, 0.05) is 12.2 Å². The van der Waals surface area contributed by atoms with Gasteiger partial charge in [-0.15, -0.1) is 0 Å². The maximum atomic E-state index is 8.96. The van der Waals surface area contributed by atoms with Crippen molar-refractivity contribution >= 4 is 17.4 Å². The molecule has 0 aromatic carbocycles. The number of hydrogen-bond acceptors (Lipinski definition) is 3. The molecule has 96 valence electrons. The number of nitrogens with one attached hydrogen (secondary N) is 1. The van der Waals surface area contributed by atoms with Crippen LogP contribution in [0.2, 0.25) is 5.02 Å². The molecule has 3 nitrogen and oxygen atoms in total. The molecule has 0 saturated heterocycles. The van der Waals surface area contributed by atoms with Gasteiger partial charge in [-0.25, -0.2) is 4.98 Å². The van der Waals surface area contributed by atoms with Crippen molar-refractivity contribution in [3.8, 4) is 6.07 Å². The van der Waals surface area contributed by atoms with Gasteiger partial charge in [-0.3, -0.25) is 0 Å². The van der Waals surface area contributed by atoms with Crippen molar-refractivity contribution in [1.29, 1.82) is 5.26 Å². The largest absolute Gasteiger partial charge is 0.366 e. The van der Waals surface area contributed by atoms with Gasteiger partial charge in [0.15, 0.2) is 0 Å². The highest BCUT2D eigenvalue weighted by molar-refractivity contribution is 6.34. The number of nitriles is 1. The van der Waals surface area contributed by atoms with Crippen molar-refractivity contribution in [2.45, 2.75) is 45.6 Å². The smallest absolute Gasteiger partial charge is 0.146 e. The van der Waals surface area contributed by atoms with E-state index in [1.54, 1.807) is 12.3 Å². The first-order valence-corrected chi connectivity index (χ1v) is 6.73. The SMILES string of the molecule is CC1(C)CCCCC1Nc1nccc(C#N)c1Cl. The molecule has 0 aliphatic heterocycles. The molecule has 1 fully saturated rings. The van der Waals surface area contributed by atoms with E-state index in [9.17, 15) is 0 Å². The van der Waals surface area contributed by atoms with Gasteiger partial charge in [-0.05, 0) is 24.3 Å². The standard InChI is InChI=1S/C14H18ClN3/c1-14(2)7-4-3-5-11(14)18-13-12(15)10(9-16)6-8-17-13/h6,8,11H,3-5,7H2,1-2H3,(H,17,18). The van der Waals surface area contributed by atoms with Crippen molar-refractivity contribution in [2.75, 3.05) is 5.32 Å². The van der Waals surface area contributed by atoms with Gasteiger partial charge in [0.25, 0.3) is 0 Å². The first kappa shape index (κ1) is 13.2. The topological polar surface area (TPSA) is 48.7 Å². The van der Waals surface area contributed by atoms with Crippen LogP contribution in [0.25, 0.3) is 0 Å². The maximum absolute atomic E-state index is 8.96. The second kappa shape index (κ2) is 5.16. The molecule has 1 N–H and O–H groups in total. The van der Waals surface area contributed by atoms with Gasteiger partial charge in [0.2, 0.25) is 0 Å². The zero-order valence-electron chi connectivity index (χ0n) is 10.8. The van der Waals surface area contributed by atoms with E-state index in [2.05, 4.69) is 30.2 Å². The second-order valence-corrected chi connectivity index (χ2v) is 5.94. The lowest BCUT2D eigenvalue weighted by Crippen LogP contribution is -2.39. The van der Waals surface area contributed by atoms with E-state index in [0.717, 1.165) is 6.42 Å². The molecule has 0 spiro atoms. The second-order valence-electron chi connectivity index (χ2n) is 5.56. The average Bonchev–Trinajstić information content (AvgIpc) is 2.34. The van der Waals surface area contributed by atoms with Crippen molar-refractivity contribution in [2.24, 2.45) is 5.41 Å². The summed E-state index contributed by atoms with van der Waals surface area (Å²) in [6, 6.07) is 4.09. The normalized spacial score (nSPS) is 22.2. The maximum Gasteiger partial charge on any atom is 0.146 e. The van der Waals surface area contributed by atoms with Crippen LogP contribution in [0.3, 0.4) is 0 Å². The summed E-state index contributed by atoms with van der Waals surface area (Å²) in [6.45, 7) is 4.54. The van der Waals surface area contributed by atoms with Crippen LogP contribution in [-0.4, -0.2) is 11.0 Å². The Bertz CT molecular complexity index is 476. The Morgan fingerprint density at radius 3 is 2.94 bits per heavy atom. The van der Waals surface area contributed by atoms with Crippen molar-refractivity contribution in [1.82, 2.24) is 4.98 Å². The Balaban J connectivity index is 2.21. The number of anilines is 1. The van der Waals surface area contributed by atoms with Crippen LogP contribution in [0.15, 0.2) is 12.3 Å². The molecule has 0 amide bonds. The number of halogens is 1. The van der Waals surface area contributed by atoms with Crippen LogP contribution in [0.4, 0.5) is 5.82 Å². The van der Waals surface area contributed by atoms with E-state index in [1.165, 1.54) is 19.3 Å². The summed E-state index contributed by atoms with van der Waals surface area (Å²) in [4.78, 5) is 4.25. The van der Waals surface area contributed by atoms with E-state index < -0.39 is 0 Å². The molecule has 1 saturated carbocycles. The molecule has 2 rings (SSSR count). The summed E-state index contributed by atoms with van der Waals surface area (Å²) in [5, 5.41) is 12.8. The number of rotatable bonds is 2. The van der Waals surface area contributed by atoms with Crippen LogP contribution in [0.1, 0.15) is 45.1 Å². The monoisotopic (exact) mass is 263 g/mol. The van der Waals surface area contributed by atoms with E-state index in [-0.39, 0.29) is 5.41 Å². The van der Waals surface area contributed by atoms with Crippen LogP contribution in [0, 0.1) is 16.7 Å². The highest BCUT2D eigenvalue weighted by Crippen LogP contribution is 2.38. The fourth-order valence-corrected chi connectivity index (χ4v) is 2.77. The Hall–Kier alpha value is -1.27. The summed E-state index contributed by atoms with van der Waals surface area (Å²) in [5.41, 5.74) is 0.717. The predicted octanol–water partition coefficient (Wildman–Crippen LogP) is 3.99. The minimum atomic E-state index is 0.242. The Morgan fingerprint density at radius 1 is 1.50 bits per heavy atom. The molecule has 0 radical (unpaired) electrons. The molecule has 1 aliphatic carbocycles. The molecule has 4 heteroatoms. The van der Waals surface area contributed by atoms with Gasteiger partial charge in [-0.1, -0.05) is 38.3 Å². The molecule has 1 aromatic heterocycles. The minimum absolute atomic E-state index is 0.242. The van der Waals surface area contributed by atoms with E-state index in [4.69, 9.17) is 16.9 Å². The van der Waals surface area contributed by atoms with Crippen LogP contribution in [-0.2, 0) is 0 Å². The Kier molecular flexibility index (Phi) is 3.77. The molecule has 1 unspecified atom stereocenters. The average molecular weight is 264 g/mol. The van der Waals surface area contributed by atoms with Gasteiger partial charge < -0.3 is 5.32 Å². The lowest BCUT2D eigenvalue weighted by molar-refractivity contribution is 0.216. The number of hydrogen-bond donors (Lipinski definition) is 1. The first-order valence-electron chi connectivity index (χ1n) is 6.36. The van der Waals surface area contributed by atoms with E-state index in [0.29, 0.717) is 22.4 Å². The predicted molar refractivity (Wildman–Crippen MR) is 73.6 cm³/mol. The zero-order chi connectivity index (χ0) is 13.2. The third-order valence-corrected chi connectivity index (χ3v) is 4.21. The van der Waals surface area contributed by atoms with E-state index >= 15 is 0 Å². The first-order chi connectivity index (χ1) is 8.54. The number of nitrogens with zero attached hydrogens (tertiary/aromatic N) is 2. The molecule has 0 bridgehead atoms. The van der Waals surface area contributed by atoms with Gasteiger partial charge in [-0.2, -0.15) is 5.26 Å². The van der Waals surface area contributed by atoms with Crippen molar-refractivity contribution in [3.63, 3.8) is 0 Å². The summed E-state index contributed by atoms with van der Waals surface area (Å²) in [7, 11) is 0. The quantitative estimate of drug-likeness (QED) is 0.878. The molecule has 1 heterocycles. The highest BCUT2D eigenvalue weighted by Gasteiger charge is 2.32. The molecular formula is C14H18ClN3. The molecule has 1 atom stereocenters. The molecule has 18 heavy (non-hydrogen) atoms. The van der Waals surface area contributed by atoms with Crippen molar-refractivity contribution in [3.05, 3.63) is 22.8 Å². The summed E-state index contributed by atoms with van der Waals surface area (Å²) in [6.07, 6.45) is 6.48. The number of pyridine rings is 1. The summed E-state index contributed by atoms with van der Waals surface area (Å²) >= 11 is 6.17. The minimum Gasteiger partial charge on any atom is -0.366 e. The number of aromatic nitrogens is 1. The van der Waals surface area contributed by atoms with Gasteiger partial charge in [0.1, 0.15) is 16.9 Å². The van der Waals surface area contributed by atoms with Crippen LogP contribution in [0.5, 0.6) is 0 Å². The van der Waals surface area contributed by atoms with E-state index in [1.807, 2.05) is 0 Å². The third kappa shape index (κ3) is 2.59. The lowest BCUT2D eigenvalue weighted by atomic mass is 9.73. The molecule has 1 aromatic rings. The van der Waals surface area contributed by atoms with Crippen molar-refractivity contribution < 1.29 is 0 Å². The lowest BCUT2D eigenvalue weighted by Gasteiger charge is -2.39. The Labute approximate surface area is 113 Å². The molecular weight excluding hydrogens is 246 g/mol. The highest BCUT2D eigenvalue weighted by atomic mass is 35.5. The third-order valence-electron chi connectivity index (χ3n) is 3.83. The van der Waals surface area contributed by atoms with Crippen LogP contribution < -0.4 is 5.32 Å².